The SMILES string of the molecule is COc1ccc(C(=O)C2CCCC(N3CCOCC3)C2=O)cc1. The third-order valence-electron chi connectivity index (χ3n) is 4.82. The Balaban J connectivity index is 1.72. The Hall–Kier alpha value is -1.72. The van der Waals surface area contributed by atoms with Crippen LogP contribution in [0, 0.1) is 5.92 Å². The van der Waals surface area contributed by atoms with E-state index in [1.807, 2.05) is 0 Å². The Labute approximate surface area is 136 Å². The first-order valence-electron chi connectivity index (χ1n) is 8.24. The molecule has 1 saturated heterocycles. The van der Waals surface area contributed by atoms with E-state index in [0.29, 0.717) is 30.9 Å². The molecule has 23 heavy (non-hydrogen) atoms. The Morgan fingerprint density at radius 1 is 1.17 bits per heavy atom. The number of morpholine rings is 1. The van der Waals surface area contributed by atoms with E-state index in [2.05, 4.69) is 4.90 Å². The van der Waals surface area contributed by atoms with E-state index in [4.69, 9.17) is 9.47 Å². The van der Waals surface area contributed by atoms with Crippen molar-refractivity contribution in [3.8, 4) is 5.75 Å². The molecular formula is C18H23NO4. The largest absolute Gasteiger partial charge is 0.497 e. The summed E-state index contributed by atoms with van der Waals surface area (Å²) in [6.07, 6.45) is 2.43. The average Bonchev–Trinajstić information content (AvgIpc) is 2.62. The molecule has 0 amide bonds. The highest BCUT2D eigenvalue weighted by Crippen LogP contribution is 2.28. The standard InChI is InChI=1S/C18H23NO4/c1-22-14-7-5-13(6-8-14)17(20)15-3-2-4-16(18(15)21)19-9-11-23-12-10-19/h5-8,15-16H,2-4,9-12H2,1H3. The van der Waals surface area contributed by atoms with Gasteiger partial charge in [0.05, 0.1) is 32.3 Å². The van der Waals surface area contributed by atoms with Crippen LogP contribution in [0.5, 0.6) is 5.75 Å². The summed E-state index contributed by atoms with van der Waals surface area (Å²) in [5, 5.41) is 0. The second-order valence-corrected chi connectivity index (χ2v) is 6.14. The Morgan fingerprint density at radius 3 is 2.52 bits per heavy atom. The zero-order chi connectivity index (χ0) is 16.2. The molecule has 1 aromatic rings. The number of nitrogens with zero attached hydrogens (tertiary/aromatic N) is 1. The topological polar surface area (TPSA) is 55.8 Å². The minimum atomic E-state index is -0.509. The fourth-order valence-electron chi connectivity index (χ4n) is 3.50. The summed E-state index contributed by atoms with van der Waals surface area (Å²) in [7, 11) is 1.59. The number of hydrogen-bond donors (Lipinski definition) is 0. The van der Waals surface area contributed by atoms with E-state index in [0.717, 1.165) is 25.9 Å². The van der Waals surface area contributed by atoms with Gasteiger partial charge in [-0.25, -0.2) is 0 Å². The predicted octanol–water partition coefficient (Wildman–Crippen LogP) is 1.95. The monoisotopic (exact) mass is 317 g/mol. The maximum atomic E-state index is 12.8. The Morgan fingerprint density at radius 2 is 1.87 bits per heavy atom. The molecule has 0 spiro atoms. The highest BCUT2D eigenvalue weighted by molar-refractivity contribution is 6.12. The molecule has 3 rings (SSSR count). The van der Waals surface area contributed by atoms with Gasteiger partial charge in [-0.3, -0.25) is 14.5 Å². The number of Topliss-reactive ketones (excluding diaryl/α,β-unsaturated/α-hetero) is 2. The summed E-state index contributed by atoms with van der Waals surface area (Å²) in [6.45, 7) is 2.89. The van der Waals surface area contributed by atoms with Crippen molar-refractivity contribution in [2.24, 2.45) is 5.92 Å². The van der Waals surface area contributed by atoms with E-state index in [9.17, 15) is 9.59 Å². The molecule has 0 radical (unpaired) electrons. The lowest BCUT2D eigenvalue weighted by atomic mass is 9.79. The van der Waals surface area contributed by atoms with Gasteiger partial charge in [0.25, 0.3) is 0 Å². The molecule has 0 aromatic heterocycles. The first-order chi connectivity index (χ1) is 11.2. The molecular weight excluding hydrogens is 294 g/mol. The number of benzene rings is 1. The van der Waals surface area contributed by atoms with E-state index < -0.39 is 5.92 Å². The van der Waals surface area contributed by atoms with Crippen molar-refractivity contribution in [3.05, 3.63) is 29.8 Å². The van der Waals surface area contributed by atoms with Crippen molar-refractivity contribution >= 4 is 11.6 Å². The summed E-state index contributed by atoms with van der Waals surface area (Å²) in [4.78, 5) is 27.7. The van der Waals surface area contributed by atoms with E-state index >= 15 is 0 Å². The molecule has 1 heterocycles. The van der Waals surface area contributed by atoms with Crippen molar-refractivity contribution in [1.82, 2.24) is 4.90 Å². The van der Waals surface area contributed by atoms with Crippen LogP contribution < -0.4 is 4.74 Å². The van der Waals surface area contributed by atoms with Crippen molar-refractivity contribution in [2.75, 3.05) is 33.4 Å². The molecule has 124 valence electrons. The van der Waals surface area contributed by atoms with Gasteiger partial charge < -0.3 is 9.47 Å². The number of carbonyl (C=O) groups excluding carboxylic acids is 2. The summed E-state index contributed by atoms with van der Waals surface area (Å²) >= 11 is 0. The van der Waals surface area contributed by atoms with Gasteiger partial charge in [-0.2, -0.15) is 0 Å². The molecule has 1 aromatic carbocycles. The minimum Gasteiger partial charge on any atom is -0.497 e. The maximum absolute atomic E-state index is 12.8. The van der Waals surface area contributed by atoms with Crippen molar-refractivity contribution < 1.29 is 19.1 Å². The highest BCUT2D eigenvalue weighted by atomic mass is 16.5. The lowest BCUT2D eigenvalue weighted by molar-refractivity contribution is -0.131. The van der Waals surface area contributed by atoms with Gasteiger partial charge in [0.1, 0.15) is 5.75 Å². The number of hydrogen-bond acceptors (Lipinski definition) is 5. The van der Waals surface area contributed by atoms with E-state index in [1.165, 1.54) is 0 Å². The second kappa shape index (κ2) is 7.23. The number of carbonyl (C=O) groups is 2. The molecule has 0 bridgehead atoms. The summed E-state index contributed by atoms with van der Waals surface area (Å²) in [5.74, 6) is 0.224. The fourth-order valence-corrected chi connectivity index (χ4v) is 3.50. The third kappa shape index (κ3) is 3.46. The van der Waals surface area contributed by atoms with Crippen LogP contribution in [-0.2, 0) is 9.53 Å². The number of ketones is 2. The number of ether oxygens (including phenoxy) is 2. The molecule has 2 fully saturated rings. The zero-order valence-electron chi connectivity index (χ0n) is 13.5. The van der Waals surface area contributed by atoms with E-state index in [-0.39, 0.29) is 17.6 Å². The second-order valence-electron chi connectivity index (χ2n) is 6.14. The molecule has 0 N–H and O–H groups in total. The lowest BCUT2D eigenvalue weighted by Gasteiger charge is -2.37. The first-order valence-corrected chi connectivity index (χ1v) is 8.24. The van der Waals surface area contributed by atoms with Crippen LogP contribution in [0.3, 0.4) is 0 Å². The molecule has 2 atom stereocenters. The number of methoxy groups -OCH3 is 1. The van der Waals surface area contributed by atoms with Crippen molar-refractivity contribution in [2.45, 2.75) is 25.3 Å². The van der Waals surface area contributed by atoms with E-state index in [1.54, 1.807) is 31.4 Å². The molecule has 2 aliphatic rings. The van der Waals surface area contributed by atoms with Crippen LogP contribution >= 0.6 is 0 Å². The predicted molar refractivity (Wildman–Crippen MR) is 85.9 cm³/mol. The third-order valence-corrected chi connectivity index (χ3v) is 4.82. The smallest absolute Gasteiger partial charge is 0.173 e. The summed E-state index contributed by atoms with van der Waals surface area (Å²) in [6, 6.07) is 6.89. The normalized spacial score (nSPS) is 26.0. The van der Waals surface area contributed by atoms with Crippen LogP contribution in [-0.4, -0.2) is 55.9 Å². The molecule has 5 nitrogen and oxygen atoms in total. The van der Waals surface area contributed by atoms with Gasteiger partial charge in [0, 0.05) is 18.7 Å². The van der Waals surface area contributed by atoms with Crippen LogP contribution in [0.4, 0.5) is 0 Å². The van der Waals surface area contributed by atoms with Gasteiger partial charge in [0.2, 0.25) is 0 Å². The quantitative estimate of drug-likeness (QED) is 0.627. The van der Waals surface area contributed by atoms with Gasteiger partial charge in [-0.15, -0.1) is 0 Å². The van der Waals surface area contributed by atoms with Crippen LogP contribution in [0.15, 0.2) is 24.3 Å². The van der Waals surface area contributed by atoms with Crippen LogP contribution in [0.25, 0.3) is 0 Å². The molecule has 1 saturated carbocycles. The first kappa shape index (κ1) is 16.1. The van der Waals surface area contributed by atoms with Gasteiger partial charge in [-0.05, 0) is 37.1 Å². The highest BCUT2D eigenvalue weighted by Gasteiger charge is 2.39. The molecule has 1 aliphatic heterocycles. The van der Waals surface area contributed by atoms with Crippen LogP contribution in [0.2, 0.25) is 0 Å². The number of rotatable bonds is 4. The zero-order valence-corrected chi connectivity index (χ0v) is 13.5. The summed E-state index contributed by atoms with van der Waals surface area (Å²) < 4.78 is 10.5. The Kier molecular flexibility index (Phi) is 5.08. The molecule has 2 unspecified atom stereocenters. The van der Waals surface area contributed by atoms with Crippen molar-refractivity contribution in [3.63, 3.8) is 0 Å². The van der Waals surface area contributed by atoms with Gasteiger partial charge in [-0.1, -0.05) is 6.42 Å². The average molecular weight is 317 g/mol. The Bertz CT molecular complexity index is 563. The lowest BCUT2D eigenvalue weighted by Crippen LogP contribution is -2.51. The summed E-state index contributed by atoms with van der Waals surface area (Å²) in [5.41, 5.74) is 0.590. The molecule has 1 aliphatic carbocycles. The minimum absolute atomic E-state index is 0.0596. The van der Waals surface area contributed by atoms with Crippen LogP contribution in [0.1, 0.15) is 29.6 Å². The van der Waals surface area contributed by atoms with Gasteiger partial charge in [0.15, 0.2) is 11.6 Å². The van der Waals surface area contributed by atoms with Crippen molar-refractivity contribution in [1.29, 1.82) is 0 Å². The fraction of sp³-hybridized carbons (Fsp3) is 0.556. The van der Waals surface area contributed by atoms with Gasteiger partial charge >= 0.3 is 0 Å². The maximum Gasteiger partial charge on any atom is 0.173 e. The molecule has 5 heteroatoms.